The van der Waals surface area contributed by atoms with Crippen LogP contribution in [0.3, 0.4) is 0 Å². The predicted octanol–water partition coefficient (Wildman–Crippen LogP) is 2.63. The summed E-state index contributed by atoms with van der Waals surface area (Å²) in [5.74, 6) is -0.943. The van der Waals surface area contributed by atoms with E-state index in [1.165, 1.54) is 6.07 Å². The highest BCUT2D eigenvalue weighted by Gasteiger charge is 2.20. The van der Waals surface area contributed by atoms with Crippen molar-refractivity contribution in [2.75, 3.05) is 13.1 Å². The van der Waals surface area contributed by atoms with E-state index >= 15 is 0 Å². The quantitative estimate of drug-likeness (QED) is 0.823. The first-order valence-corrected chi connectivity index (χ1v) is 6.42. The largest absolute Gasteiger partial charge is 0.341 e. The number of nitrogens with one attached hydrogen (secondary N) is 1. The Morgan fingerprint density at radius 1 is 1.28 bits per heavy atom. The number of nitrogens with zero attached hydrogens (tertiary/aromatic N) is 1. The first kappa shape index (κ1) is 11.7. The van der Waals surface area contributed by atoms with E-state index in [4.69, 9.17) is 0 Å². The zero-order valence-electron chi connectivity index (χ0n) is 10.4. The van der Waals surface area contributed by atoms with Gasteiger partial charge in [0.15, 0.2) is 0 Å². The summed E-state index contributed by atoms with van der Waals surface area (Å²) in [7, 11) is 0. The molecule has 0 bridgehead atoms. The summed E-state index contributed by atoms with van der Waals surface area (Å²) >= 11 is 0. The van der Waals surface area contributed by atoms with E-state index in [-0.39, 0.29) is 0 Å². The van der Waals surface area contributed by atoms with E-state index < -0.39 is 11.6 Å². The highest BCUT2D eigenvalue weighted by Crippen LogP contribution is 2.30. The number of benzene rings is 1. The van der Waals surface area contributed by atoms with E-state index in [2.05, 4.69) is 5.32 Å². The van der Waals surface area contributed by atoms with Crippen molar-refractivity contribution in [3.8, 4) is 0 Å². The highest BCUT2D eigenvalue weighted by molar-refractivity contribution is 5.86. The van der Waals surface area contributed by atoms with Crippen LogP contribution < -0.4 is 5.32 Å². The Labute approximate surface area is 105 Å². The summed E-state index contributed by atoms with van der Waals surface area (Å²) in [4.78, 5) is 0. The fraction of sp³-hybridized carbons (Fsp3) is 0.429. The lowest BCUT2D eigenvalue weighted by Gasteiger charge is -2.06. The molecular formula is C14H16F2N2. The minimum absolute atomic E-state index is 0.451. The molecule has 1 aliphatic rings. The second-order valence-corrected chi connectivity index (χ2v) is 4.71. The molecule has 1 aromatic carbocycles. The number of fused-ring (bicyclic) bond motifs is 3. The van der Waals surface area contributed by atoms with E-state index in [1.807, 2.05) is 11.5 Å². The average Bonchev–Trinajstić information content (AvgIpc) is 2.49. The molecule has 3 rings (SSSR count). The molecule has 0 atom stereocenters. The van der Waals surface area contributed by atoms with Gasteiger partial charge in [0, 0.05) is 43.2 Å². The molecule has 0 saturated heterocycles. The zero-order chi connectivity index (χ0) is 12.7. The van der Waals surface area contributed by atoms with Crippen LogP contribution in [-0.2, 0) is 19.4 Å². The van der Waals surface area contributed by atoms with Crippen molar-refractivity contribution >= 4 is 10.9 Å². The lowest BCUT2D eigenvalue weighted by atomic mass is 10.1. The fourth-order valence-electron chi connectivity index (χ4n) is 2.97. The van der Waals surface area contributed by atoms with Crippen LogP contribution in [0.4, 0.5) is 8.78 Å². The highest BCUT2D eigenvalue weighted by atomic mass is 19.1. The van der Waals surface area contributed by atoms with Gasteiger partial charge in [0.05, 0.1) is 5.52 Å². The maximum absolute atomic E-state index is 14.0. The molecule has 2 aromatic rings. The molecule has 18 heavy (non-hydrogen) atoms. The molecular weight excluding hydrogens is 234 g/mol. The van der Waals surface area contributed by atoms with Crippen LogP contribution in [0.2, 0.25) is 0 Å². The Morgan fingerprint density at radius 2 is 2.11 bits per heavy atom. The van der Waals surface area contributed by atoms with Gasteiger partial charge >= 0.3 is 0 Å². The zero-order valence-corrected chi connectivity index (χ0v) is 10.4. The predicted molar refractivity (Wildman–Crippen MR) is 67.8 cm³/mol. The molecule has 2 nitrogen and oxygen atoms in total. The van der Waals surface area contributed by atoms with Gasteiger partial charge in [-0.15, -0.1) is 0 Å². The van der Waals surface area contributed by atoms with Crippen LogP contribution in [0.5, 0.6) is 0 Å². The Morgan fingerprint density at radius 3 is 2.89 bits per heavy atom. The van der Waals surface area contributed by atoms with Gasteiger partial charge in [0.1, 0.15) is 11.6 Å². The smallest absolute Gasteiger partial charge is 0.150 e. The molecule has 1 aromatic heterocycles. The minimum atomic E-state index is -0.492. The molecule has 0 fully saturated rings. The van der Waals surface area contributed by atoms with Gasteiger partial charge in [0.25, 0.3) is 0 Å². The number of hydrogen-bond acceptors (Lipinski definition) is 1. The summed E-state index contributed by atoms with van der Waals surface area (Å²) in [5.41, 5.74) is 2.81. The number of aromatic nitrogens is 1. The van der Waals surface area contributed by atoms with Crippen molar-refractivity contribution in [2.24, 2.45) is 0 Å². The lowest BCUT2D eigenvalue weighted by Crippen LogP contribution is -2.17. The van der Waals surface area contributed by atoms with Gasteiger partial charge < -0.3 is 9.88 Å². The molecule has 0 aliphatic carbocycles. The second-order valence-electron chi connectivity index (χ2n) is 4.71. The van der Waals surface area contributed by atoms with Crippen molar-refractivity contribution in [3.63, 3.8) is 0 Å². The first-order chi connectivity index (χ1) is 8.72. The van der Waals surface area contributed by atoms with Crippen LogP contribution in [0, 0.1) is 11.6 Å². The van der Waals surface area contributed by atoms with E-state index in [0.29, 0.717) is 5.52 Å². The minimum Gasteiger partial charge on any atom is -0.341 e. The van der Waals surface area contributed by atoms with Crippen LogP contribution in [-0.4, -0.2) is 17.7 Å². The van der Waals surface area contributed by atoms with E-state index in [0.717, 1.165) is 55.2 Å². The monoisotopic (exact) mass is 250 g/mol. The Balaban J connectivity index is 2.38. The number of hydrogen-bond donors (Lipinski definition) is 1. The normalized spacial score (nSPS) is 15.7. The van der Waals surface area contributed by atoms with Crippen LogP contribution in [0.15, 0.2) is 12.1 Å². The van der Waals surface area contributed by atoms with Crippen molar-refractivity contribution in [3.05, 3.63) is 35.0 Å². The molecule has 0 radical (unpaired) electrons. The summed E-state index contributed by atoms with van der Waals surface area (Å²) in [6.45, 7) is 4.51. The third-order valence-electron chi connectivity index (χ3n) is 3.70. The van der Waals surface area contributed by atoms with Gasteiger partial charge in [-0.2, -0.15) is 0 Å². The number of rotatable bonds is 1. The summed E-state index contributed by atoms with van der Waals surface area (Å²) in [6.07, 6.45) is 1.68. The second kappa shape index (κ2) is 4.35. The topological polar surface area (TPSA) is 17.0 Å². The van der Waals surface area contributed by atoms with Gasteiger partial charge in [-0.1, -0.05) is 6.92 Å². The maximum atomic E-state index is 14.0. The van der Waals surface area contributed by atoms with Crippen molar-refractivity contribution < 1.29 is 8.78 Å². The first-order valence-electron chi connectivity index (χ1n) is 6.42. The fourth-order valence-corrected chi connectivity index (χ4v) is 2.97. The summed E-state index contributed by atoms with van der Waals surface area (Å²) in [6, 6.07) is 2.44. The van der Waals surface area contributed by atoms with Crippen molar-refractivity contribution in [1.29, 1.82) is 0 Å². The van der Waals surface area contributed by atoms with Crippen LogP contribution >= 0.6 is 0 Å². The van der Waals surface area contributed by atoms with Gasteiger partial charge in [-0.05, 0) is 18.1 Å². The SMILES string of the molecule is CCc1c2n(c3c(F)cc(F)cc13)CCNCC2. The molecule has 2 heterocycles. The number of aryl methyl sites for hydroxylation is 1. The van der Waals surface area contributed by atoms with Crippen LogP contribution in [0.25, 0.3) is 10.9 Å². The molecule has 0 saturated carbocycles. The summed E-state index contributed by atoms with van der Waals surface area (Å²) < 4.78 is 29.4. The van der Waals surface area contributed by atoms with Crippen molar-refractivity contribution in [2.45, 2.75) is 26.3 Å². The molecule has 0 spiro atoms. The molecule has 1 N–H and O–H groups in total. The standard InChI is InChI=1S/C14H16F2N2/c1-2-10-11-7-9(15)8-12(16)14(11)18-6-5-17-4-3-13(10)18/h7-8,17H,2-6H2,1H3. The van der Waals surface area contributed by atoms with Gasteiger partial charge in [-0.25, -0.2) is 8.78 Å². The third kappa shape index (κ3) is 1.63. The maximum Gasteiger partial charge on any atom is 0.150 e. The molecule has 96 valence electrons. The molecule has 1 aliphatic heterocycles. The van der Waals surface area contributed by atoms with Gasteiger partial charge in [-0.3, -0.25) is 0 Å². The Hall–Kier alpha value is -1.42. The lowest BCUT2D eigenvalue weighted by molar-refractivity contribution is 0.582. The summed E-state index contributed by atoms with van der Waals surface area (Å²) in [5, 5.41) is 4.05. The Bertz CT molecular complexity index is 602. The van der Waals surface area contributed by atoms with E-state index in [9.17, 15) is 8.78 Å². The molecule has 0 unspecified atom stereocenters. The van der Waals surface area contributed by atoms with Crippen molar-refractivity contribution in [1.82, 2.24) is 9.88 Å². The third-order valence-corrected chi connectivity index (χ3v) is 3.70. The molecule has 4 heteroatoms. The molecule has 0 amide bonds. The van der Waals surface area contributed by atoms with Gasteiger partial charge in [0.2, 0.25) is 0 Å². The number of halogens is 2. The Kier molecular flexibility index (Phi) is 2.82. The van der Waals surface area contributed by atoms with Crippen LogP contribution in [0.1, 0.15) is 18.2 Å². The van der Waals surface area contributed by atoms with E-state index in [1.54, 1.807) is 0 Å². The average molecular weight is 250 g/mol.